The molecule has 0 atom stereocenters. The molecule has 3 N–H and O–H groups in total. The fourth-order valence-corrected chi connectivity index (χ4v) is 5.19. The van der Waals surface area contributed by atoms with Gasteiger partial charge in [0.25, 0.3) is 0 Å². The first-order valence-corrected chi connectivity index (χ1v) is 13.3. The first-order valence-electron chi connectivity index (χ1n) is 11.8. The van der Waals surface area contributed by atoms with Gasteiger partial charge >= 0.3 is 7.82 Å². The van der Waals surface area contributed by atoms with E-state index in [-0.39, 0.29) is 21.7 Å². The predicted molar refractivity (Wildman–Crippen MR) is 141 cm³/mol. The lowest BCUT2D eigenvalue weighted by Gasteiger charge is -2.35. The van der Waals surface area contributed by atoms with E-state index in [4.69, 9.17) is 24.0 Å². The van der Waals surface area contributed by atoms with Crippen LogP contribution in [0.1, 0.15) is 93.2 Å². The zero-order valence-electron chi connectivity index (χ0n) is 22.6. The molecule has 2 rings (SSSR count). The Morgan fingerprint density at radius 3 is 1.15 bits per heavy atom. The van der Waals surface area contributed by atoms with Crippen molar-refractivity contribution in [1.82, 2.24) is 0 Å². The summed E-state index contributed by atoms with van der Waals surface area (Å²) in [6.07, 6.45) is 2.19. The van der Waals surface area contributed by atoms with Gasteiger partial charge in [0.15, 0.2) is 0 Å². The van der Waals surface area contributed by atoms with Crippen LogP contribution in [0.15, 0.2) is 48.5 Å². The molecule has 0 spiro atoms. The fraction of sp³-hybridized carbons (Fsp3) is 0.571. The summed E-state index contributed by atoms with van der Waals surface area (Å²) < 4.78 is 15.5. The Balaban J connectivity index is 0.00000104. The summed E-state index contributed by atoms with van der Waals surface area (Å²) in [5.41, 5.74) is 3.12. The maximum atomic E-state index is 8.88. The third-order valence-electron chi connectivity index (χ3n) is 5.40. The van der Waals surface area contributed by atoms with E-state index in [0.29, 0.717) is 0 Å². The first-order chi connectivity index (χ1) is 15.1. The smallest absolute Gasteiger partial charge is 0.457 e. The van der Waals surface area contributed by atoms with Crippen LogP contribution in [-0.2, 0) is 15.4 Å². The lowest BCUT2D eigenvalue weighted by molar-refractivity contribution is 0.273. The van der Waals surface area contributed by atoms with Crippen molar-refractivity contribution in [2.75, 3.05) is 0 Å². The van der Waals surface area contributed by atoms with Crippen LogP contribution in [0.25, 0.3) is 0 Å². The number of rotatable bonds is 6. The molecule has 34 heavy (non-hydrogen) atoms. The minimum atomic E-state index is -4.64. The normalized spacial score (nSPS) is 13.2. The fourth-order valence-electron chi connectivity index (χ4n) is 5.19. The van der Waals surface area contributed by atoms with Gasteiger partial charge in [-0.3, -0.25) is 0 Å². The van der Waals surface area contributed by atoms with Crippen LogP contribution in [0.2, 0.25) is 0 Å². The summed E-state index contributed by atoms with van der Waals surface area (Å²) in [5.74, 6) is 1.95. The van der Waals surface area contributed by atoms with Crippen LogP contribution >= 0.6 is 7.82 Å². The van der Waals surface area contributed by atoms with E-state index in [0.717, 1.165) is 24.3 Å². The average molecular weight is 493 g/mol. The van der Waals surface area contributed by atoms with Gasteiger partial charge in [0.1, 0.15) is 11.5 Å². The SMILES string of the molecule is CC(C)(C)CC(C)(C)c1ccccc1Oc1ccccc1C(C)(C)CC(C)(C)C.O=P(O)(O)O. The van der Waals surface area contributed by atoms with Gasteiger partial charge in [0.05, 0.1) is 0 Å². The molecule has 0 heterocycles. The number of benzene rings is 2. The van der Waals surface area contributed by atoms with Gasteiger partial charge in [-0.05, 0) is 46.6 Å². The predicted octanol–water partition coefficient (Wildman–Crippen LogP) is 7.98. The first kappa shape index (κ1) is 30.4. The second-order valence-corrected chi connectivity index (χ2v) is 13.9. The Bertz CT molecular complexity index is 897. The van der Waals surface area contributed by atoms with Gasteiger partial charge in [0.2, 0.25) is 0 Å². The van der Waals surface area contributed by atoms with Crippen molar-refractivity contribution in [2.24, 2.45) is 10.8 Å². The highest BCUT2D eigenvalue weighted by atomic mass is 31.2. The molecule has 0 aliphatic heterocycles. The maximum Gasteiger partial charge on any atom is 0.466 e. The standard InChI is InChI=1S/C28H42O.H3O4P/c1-25(2,3)19-27(7,8)21-15-11-13-17-23(21)29-24-18-14-12-16-22(24)28(9,10)20-26(4,5)6;1-5(2,3)4/h11-18H,19-20H2,1-10H3;(H3,1,2,3,4). The minimum absolute atomic E-state index is 0.0325. The van der Waals surface area contributed by atoms with Crippen molar-refractivity contribution in [1.29, 1.82) is 0 Å². The van der Waals surface area contributed by atoms with E-state index in [1.807, 2.05) is 0 Å². The largest absolute Gasteiger partial charge is 0.466 e. The highest BCUT2D eigenvalue weighted by Crippen LogP contribution is 2.44. The van der Waals surface area contributed by atoms with E-state index in [1.54, 1.807) is 0 Å². The van der Waals surface area contributed by atoms with Crippen LogP contribution in [-0.4, -0.2) is 14.7 Å². The number of para-hydroxylation sites is 2. The molecule has 0 saturated heterocycles. The molecule has 0 amide bonds. The van der Waals surface area contributed by atoms with Gasteiger partial charge in [0, 0.05) is 11.1 Å². The summed E-state index contributed by atoms with van der Waals surface area (Å²) in [6.45, 7) is 23.2. The Hall–Kier alpha value is -1.65. The van der Waals surface area contributed by atoms with E-state index >= 15 is 0 Å². The summed E-state index contributed by atoms with van der Waals surface area (Å²) >= 11 is 0. The average Bonchev–Trinajstić information content (AvgIpc) is 2.57. The Kier molecular flexibility index (Phi) is 9.79. The Labute approximate surface area is 206 Å². The quantitative estimate of drug-likeness (QED) is 0.356. The Morgan fingerprint density at radius 2 is 0.882 bits per heavy atom. The van der Waals surface area contributed by atoms with Crippen molar-refractivity contribution in [3.63, 3.8) is 0 Å². The van der Waals surface area contributed by atoms with Gasteiger partial charge in [-0.2, -0.15) is 0 Å². The molecule has 2 aromatic rings. The molecule has 0 saturated carbocycles. The van der Waals surface area contributed by atoms with Crippen LogP contribution in [0.5, 0.6) is 11.5 Å². The molecule has 2 aromatic carbocycles. The van der Waals surface area contributed by atoms with Gasteiger partial charge in [-0.25, -0.2) is 4.57 Å². The molecule has 0 bridgehead atoms. The van der Waals surface area contributed by atoms with Crippen molar-refractivity contribution in [2.45, 2.75) is 92.9 Å². The molecule has 5 nitrogen and oxygen atoms in total. The molecule has 0 fully saturated rings. The topological polar surface area (TPSA) is 87.0 Å². The van der Waals surface area contributed by atoms with E-state index in [1.165, 1.54) is 11.1 Å². The zero-order valence-corrected chi connectivity index (χ0v) is 23.5. The van der Waals surface area contributed by atoms with Gasteiger partial charge in [-0.1, -0.05) is 106 Å². The minimum Gasteiger partial charge on any atom is -0.457 e. The van der Waals surface area contributed by atoms with Crippen molar-refractivity contribution < 1.29 is 24.0 Å². The van der Waals surface area contributed by atoms with E-state index in [2.05, 4.69) is 118 Å². The van der Waals surface area contributed by atoms with Crippen molar-refractivity contribution in [3.05, 3.63) is 59.7 Å². The zero-order chi connectivity index (χ0) is 26.6. The molecular formula is C28H45O5P. The number of phosphoric acid groups is 1. The molecule has 0 aliphatic rings. The summed E-state index contributed by atoms with van der Waals surface area (Å²) in [7, 11) is -4.64. The van der Waals surface area contributed by atoms with Crippen LogP contribution in [0, 0.1) is 10.8 Å². The van der Waals surface area contributed by atoms with Crippen molar-refractivity contribution >= 4 is 7.82 Å². The van der Waals surface area contributed by atoms with Crippen molar-refractivity contribution in [3.8, 4) is 11.5 Å². The van der Waals surface area contributed by atoms with Gasteiger partial charge < -0.3 is 19.4 Å². The highest BCUT2D eigenvalue weighted by molar-refractivity contribution is 7.45. The van der Waals surface area contributed by atoms with E-state index in [9.17, 15) is 0 Å². The third-order valence-corrected chi connectivity index (χ3v) is 5.40. The summed E-state index contributed by atoms with van der Waals surface area (Å²) in [6, 6.07) is 17.1. The van der Waals surface area contributed by atoms with Gasteiger partial charge in [-0.15, -0.1) is 0 Å². The summed E-state index contributed by atoms with van der Waals surface area (Å²) in [5, 5.41) is 0. The molecule has 0 radical (unpaired) electrons. The lowest BCUT2D eigenvalue weighted by Crippen LogP contribution is -2.26. The highest BCUT2D eigenvalue weighted by Gasteiger charge is 2.32. The monoisotopic (exact) mass is 492 g/mol. The molecule has 192 valence electrons. The molecule has 6 heteroatoms. The number of hydrogen-bond acceptors (Lipinski definition) is 2. The molecule has 0 aliphatic carbocycles. The van der Waals surface area contributed by atoms with Crippen LogP contribution < -0.4 is 4.74 Å². The second-order valence-electron chi connectivity index (χ2n) is 12.9. The van der Waals surface area contributed by atoms with Crippen LogP contribution in [0.4, 0.5) is 0 Å². The second kappa shape index (κ2) is 11.0. The number of ether oxygens (including phenoxy) is 1. The molecule has 0 unspecified atom stereocenters. The number of hydrogen-bond donors (Lipinski definition) is 3. The maximum absolute atomic E-state index is 8.88. The van der Waals surface area contributed by atoms with Crippen LogP contribution in [0.3, 0.4) is 0 Å². The van der Waals surface area contributed by atoms with E-state index < -0.39 is 7.82 Å². The third kappa shape index (κ3) is 11.2. The summed E-state index contributed by atoms with van der Waals surface area (Å²) in [4.78, 5) is 21.6. The lowest BCUT2D eigenvalue weighted by atomic mass is 9.71. The Morgan fingerprint density at radius 1 is 0.618 bits per heavy atom. The molecule has 0 aromatic heterocycles. The molecular weight excluding hydrogens is 447 g/mol.